The lowest BCUT2D eigenvalue weighted by Crippen LogP contribution is -3.14. The van der Waals surface area contributed by atoms with Crippen molar-refractivity contribution in [2.45, 2.75) is 70.5 Å². The number of esters is 1. The van der Waals surface area contributed by atoms with Gasteiger partial charge in [0.25, 0.3) is 0 Å². The zero-order chi connectivity index (χ0) is 17.2. The summed E-state index contributed by atoms with van der Waals surface area (Å²) in [5.41, 5.74) is 0.486. The van der Waals surface area contributed by atoms with Crippen LogP contribution in [-0.2, 0) is 14.3 Å². The van der Waals surface area contributed by atoms with E-state index in [0.29, 0.717) is 17.3 Å². The highest BCUT2D eigenvalue weighted by molar-refractivity contribution is 5.75. The van der Waals surface area contributed by atoms with Gasteiger partial charge < -0.3 is 14.4 Å². The molecule has 1 N–H and O–H groups in total. The van der Waals surface area contributed by atoms with Gasteiger partial charge in [-0.15, -0.1) is 0 Å². The Morgan fingerprint density at radius 2 is 2.00 bits per heavy atom. The lowest BCUT2D eigenvalue weighted by atomic mass is 9.53. The Balaban J connectivity index is 1.33. The van der Waals surface area contributed by atoms with Gasteiger partial charge in [0.1, 0.15) is 12.0 Å². The van der Waals surface area contributed by atoms with Crippen LogP contribution >= 0.6 is 0 Å². The molecule has 0 amide bonds. The number of epoxide rings is 1. The number of carbonyl (C=O) groups excluding carboxylic acids is 1. The molecule has 4 heteroatoms. The summed E-state index contributed by atoms with van der Waals surface area (Å²) in [4.78, 5) is 14.3. The number of hydrogen-bond donors (Lipinski definition) is 1. The number of likely N-dealkylation sites (tertiary alicyclic amines) is 1. The normalized spacial score (nSPS) is 54.7. The van der Waals surface area contributed by atoms with Crippen LogP contribution in [0.2, 0.25) is 0 Å². The number of quaternary nitrogens is 1. The van der Waals surface area contributed by atoms with Crippen LogP contribution in [0.25, 0.3) is 0 Å². The lowest BCUT2D eigenvalue weighted by Gasteiger charge is -2.51. The first-order chi connectivity index (χ1) is 12.0. The van der Waals surface area contributed by atoms with Crippen LogP contribution in [0.4, 0.5) is 0 Å². The van der Waals surface area contributed by atoms with E-state index in [0.717, 1.165) is 31.9 Å². The van der Waals surface area contributed by atoms with E-state index >= 15 is 0 Å². The Morgan fingerprint density at radius 3 is 2.72 bits per heavy atom. The molecule has 0 aromatic rings. The molecule has 3 aliphatic heterocycles. The van der Waals surface area contributed by atoms with Crippen LogP contribution < -0.4 is 4.90 Å². The van der Waals surface area contributed by atoms with Crippen molar-refractivity contribution in [3.8, 4) is 0 Å². The van der Waals surface area contributed by atoms with Crippen molar-refractivity contribution < 1.29 is 19.2 Å². The third-order valence-corrected chi connectivity index (χ3v) is 8.57. The second-order valence-electron chi connectivity index (χ2n) is 10.2. The van der Waals surface area contributed by atoms with Crippen LogP contribution in [0.3, 0.4) is 0 Å². The number of ether oxygens (including phenoxy) is 2. The minimum Gasteiger partial charge on any atom is -0.462 e. The molecule has 3 saturated heterocycles. The topological polar surface area (TPSA) is 43.3 Å². The number of rotatable bonds is 2. The monoisotopic (exact) mass is 348 g/mol. The number of carbonyl (C=O) groups is 1. The van der Waals surface area contributed by atoms with Gasteiger partial charge in [0.2, 0.25) is 0 Å². The van der Waals surface area contributed by atoms with E-state index in [4.69, 9.17) is 9.47 Å². The van der Waals surface area contributed by atoms with Gasteiger partial charge in [-0.2, -0.15) is 0 Å². The third kappa shape index (κ3) is 2.66. The molecule has 6 atom stereocenters. The number of piperidine rings is 1. The highest BCUT2D eigenvalue weighted by Gasteiger charge is 2.65. The van der Waals surface area contributed by atoms with Gasteiger partial charge in [-0.25, -0.2) is 0 Å². The molecular formula is C21H34NO3+. The second kappa shape index (κ2) is 5.69. The van der Waals surface area contributed by atoms with Gasteiger partial charge in [0.05, 0.1) is 31.8 Å². The summed E-state index contributed by atoms with van der Waals surface area (Å²) in [5, 5.41) is 0. The first-order valence-electron chi connectivity index (χ1n) is 10.7. The standard InChI is InChI=1S/C21H33NO3/c1-14-4-8-22(9-5-14)12-16-15-10-18-20(2,11-17(15)25-19(16)23)6-3-7-21(18)13-24-21/h14-18H,3-13H2,1-2H3/p+1/t15-,16-,17-,18+,20-,21+/m1/s1. The van der Waals surface area contributed by atoms with E-state index in [1.165, 1.54) is 45.2 Å². The quantitative estimate of drug-likeness (QED) is 0.612. The van der Waals surface area contributed by atoms with Crippen molar-refractivity contribution in [2.75, 3.05) is 26.2 Å². The van der Waals surface area contributed by atoms with E-state index in [2.05, 4.69) is 13.8 Å². The molecule has 4 nitrogen and oxygen atoms in total. The van der Waals surface area contributed by atoms with Crippen molar-refractivity contribution in [1.82, 2.24) is 0 Å². The van der Waals surface area contributed by atoms with Crippen molar-refractivity contribution in [1.29, 1.82) is 0 Å². The summed E-state index contributed by atoms with van der Waals surface area (Å²) in [5.74, 6) is 2.18. The second-order valence-corrected chi connectivity index (χ2v) is 10.2. The Hall–Kier alpha value is -0.610. The van der Waals surface area contributed by atoms with Crippen LogP contribution in [0, 0.1) is 29.1 Å². The van der Waals surface area contributed by atoms with Gasteiger partial charge >= 0.3 is 5.97 Å². The molecule has 140 valence electrons. The lowest BCUT2D eigenvalue weighted by molar-refractivity contribution is -0.908. The zero-order valence-electron chi connectivity index (χ0n) is 15.9. The van der Waals surface area contributed by atoms with Gasteiger partial charge in [-0.3, -0.25) is 4.79 Å². The highest BCUT2D eigenvalue weighted by atomic mass is 16.6. The first-order valence-corrected chi connectivity index (χ1v) is 10.7. The molecule has 25 heavy (non-hydrogen) atoms. The molecule has 2 saturated carbocycles. The van der Waals surface area contributed by atoms with Crippen molar-refractivity contribution >= 4 is 5.97 Å². The van der Waals surface area contributed by atoms with Crippen molar-refractivity contribution in [2.24, 2.45) is 29.1 Å². The Labute approximate surface area is 151 Å². The predicted octanol–water partition coefficient (Wildman–Crippen LogP) is 1.83. The molecular weight excluding hydrogens is 314 g/mol. The summed E-state index contributed by atoms with van der Waals surface area (Å²) in [6.45, 7) is 9.22. The van der Waals surface area contributed by atoms with Crippen LogP contribution in [-0.4, -0.2) is 43.9 Å². The Bertz CT molecular complexity index is 551. The first kappa shape index (κ1) is 16.6. The zero-order valence-corrected chi connectivity index (χ0v) is 15.9. The maximum Gasteiger partial charge on any atom is 0.315 e. The van der Waals surface area contributed by atoms with E-state index in [-0.39, 0.29) is 23.6 Å². The average molecular weight is 349 g/mol. The number of hydrogen-bond acceptors (Lipinski definition) is 3. The minimum absolute atomic E-state index is 0.106. The Morgan fingerprint density at radius 1 is 1.24 bits per heavy atom. The fourth-order valence-corrected chi connectivity index (χ4v) is 6.88. The van der Waals surface area contributed by atoms with Crippen LogP contribution in [0.1, 0.15) is 58.8 Å². The summed E-state index contributed by atoms with van der Waals surface area (Å²) in [6, 6.07) is 0. The Kier molecular flexibility index (Phi) is 3.77. The van der Waals surface area contributed by atoms with Crippen LogP contribution in [0.15, 0.2) is 0 Å². The fraction of sp³-hybridized carbons (Fsp3) is 0.952. The molecule has 5 rings (SSSR count). The van der Waals surface area contributed by atoms with Crippen molar-refractivity contribution in [3.63, 3.8) is 0 Å². The average Bonchev–Trinajstić information content (AvgIpc) is 3.28. The molecule has 1 spiro atoms. The highest BCUT2D eigenvalue weighted by Crippen LogP contribution is 2.62. The molecule has 2 aliphatic carbocycles. The predicted molar refractivity (Wildman–Crippen MR) is 94.2 cm³/mol. The van der Waals surface area contributed by atoms with E-state index in [1.54, 1.807) is 4.90 Å². The molecule has 3 heterocycles. The summed E-state index contributed by atoms with van der Waals surface area (Å²) >= 11 is 0. The molecule has 5 aliphatic rings. The maximum atomic E-state index is 12.7. The van der Waals surface area contributed by atoms with Gasteiger partial charge in [-0.1, -0.05) is 13.8 Å². The number of fused-ring (bicyclic) bond motifs is 3. The van der Waals surface area contributed by atoms with E-state index < -0.39 is 0 Å². The third-order valence-electron chi connectivity index (χ3n) is 8.57. The van der Waals surface area contributed by atoms with Gasteiger partial charge in [0, 0.05) is 5.92 Å². The molecule has 0 aromatic carbocycles. The van der Waals surface area contributed by atoms with Gasteiger partial charge in [-0.05, 0) is 62.2 Å². The molecule has 0 unspecified atom stereocenters. The SMILES string of the molecule is CC1CC[NH+](C[C@H]2C(=O)O[C@@H]3C[C@@]4(C)CCC[C@]5(CO5)[C@H]4C[C@@H]32)CC1. The summed E-state index contributed by atoms with van der Waals surface area (Å²) < 4.78 is 12.0. The molecule has 0 aromatic heterocycles. The largest absolute Gasteiger partial charge is 0.462 e. The molecule has 0 bridgehead atoms. The van der Waals surface area contributed by atoms with E-state index in [1.807, 2.05) is 0 Å². The summed E-state index contributed by atoms with van der Waals surface area (Å²) in [6.07, 6.45) is 8.81. The van der Waals surface area contributed by atoms with Crippen LogP contribution in [0.5, 0.6) is 0 Å². The summed E-state index contributed by atoms with van der Waals surface area (Å²) in [7, 11) is 0. The van der Waals surface area contributed by atoms with Crippen molar-refractivity contribution in [3.05, 3.63) is 0 Å². The molecule has 0 radical (unpaired) electrons. The van der Waals surface area contributed by atoms with Gasteiger partial charge in [0.15, 0.2) is 0 Å². The smallest absolute Gasteiger partial charge is 0.315 e. The molecule has 5 fully saturated rings. The van der Waals surface area contributed by atoms with E-state index in [9.17, 15) is 4.79 Å². The maximum absolute atomic E-state index is 12.7. The minimum atomic E-state index is 0.106. The fourth-order valence-electron chi connectivity index (χ4n) is 6.88. The number of nitrogens with one attached hydrogen (secondary N) is 1.